The van der Waals surface area contributed by atoms with Gasteiger partial charge in [-0.3, -0.25) is 4.79 Å². The highest BCUT2D eigenvalue weighted by atomic mass is 16.5. The van der Waals surface area contributed by atoms with Gasteiger partial charge in [-0.2, -0.15) is 0 Å². The molecule has 1 aliphatic carbocycles. The molecule has 0 aromatic carbocycles. The molecule has 0 aliphatic heterocycles. The van der Waals surface area contributed by atoms with Crippen LogP contribution in [0.2, 0.25) is 0 Å². The maximum Gasteiger partial charge on any atom is 0.328 e. The van der Waals surface area contributed by atoms with Crippen molar-refractivity contribution in [1.82, 2.24) is 5.32 Å². The Kier molecular flexibility index (Phi) is 6.12. The minimum Gasteiger partial charge on any atom is -0.480 e. The third-order valence-corrected chi connectivity index (χ3v) is 3.49. The molecule has 0 heterocycles. The zero-order chi connectivity index (χ0) is 13.5. The first-order chi connectivity index (χ1) is 8.52. The van der Waals surface area contributed by atoms with E-state index in [-0.39, 0.29) is 18.6 Å². The molecular weight excluding hydrogens is 234 g/mol. The van der Waals surface area contributed by atoms with Gasteiger partial charge in [0.2, 0.25) is 5.91 Å². The fraction of sp³-hybridized carbons (Fsp3) is 0.846. The summed E-state index contributed by atoms with van der Waals surface area (Å²) in [4.78, 5) is 21.8. The summed E-state index contributed by atoms with van der Waals surface area (Å²) in [6, 6.07) is -0.940. The summed E-state index contributed by atoms with van der Waals surface area (Å²) < 4.78 is 5.64. The van der Waals surface area contributed by atoms with Crippen LogP contribution in [-0.2, 0) is 14.3 Å². The predicted octanol–water partition coefficient (Wildman–Crippen LogP) is 1.56. The van der Waals surface area contributed by atoms with Crippen molar-refractivity contribution in [2.75, 3.05) is 6.61 Å². The van der Waals surface area contributed by atoms with Gasteiger partial charge in [-0.15, -0.1) is 0 Å². The molecule has 0 radical (unpaired) electrons. The highest BCUT2D eigenvalue weighted by Crippen LogP contribution is 2.28. The Balaban J connectivity index is 2.37. The lowest BCUT2D eigenvalue weighted by Gasteiger charge is -2.29. The molecule has 0 aromatic rings. The number of hydrogen-bond donors (Lipinski definition) is 2. The summed E-state index contributed by atoms with van der Waals surface area (Å²) in [6.45, 7) is 3.53. The van der Waals surface area contributed by atoms with Gasteiger partial charge in [0.25, 0.3) is 0 Å². The van der Waals surface area contributed by atoms with Gasteiger partial charge in [0.15, 0.2) is 6.04 Å². The Bertz CT molecular complexity index is 293. The van der Waals surface area contributed by atoms with Gasteiger partial charge in [0.1, 0.15) is 0 Å². The molecule has 0 aromatic heterocycles. The quantitative estimate of drug-likeness (QED) is 0.757. The summed E-state index contributed by atoms with van der Waals surface area (Å²) in [5, 5.41) is 11.3. The number of nitrogens with one attached hydrogen (secondary N) is 1. The van der Waals surface area contributed by atoms with Gasteiger partial charge in [0, 0.05) is 6.92 Å². The summed E-state index contributed by atoms with van der Waals surface area (Å²) in [5.74, 6) is -0.707. The van der Waals surface area contributed by atoms with Gasteiger partial charge < -0.3 is 15.2 Å². The SMILES string of the molecule is CCC1CCCC(OCC(NC(C)=O)C(=O)O)C1. The number of ether oxygens (including phenoxy) is 1. The highest BCUT2D eigenvalue weighted by Gasteiger charge is 2.24. The van der Waals surface area contributed by atoms with Crippen molar-refractivity contribution in [3.63, 3.8) is 0 Å². The van der Waals surface area contributed by atoms with E-state index in [4.69, 9.17) is 9.84 Å². The van der Waals surface area contributed by atoms with E-state index in [0.717, 1.165) is 25.7 Å². The lowest BCUT2D eigenvalue weighted by Crippen LogP contribution is -2.44. The molecule has 18 heavy (non-hydrogen) atoms. The second-order valence-corrected chi connectivity index (χ2v) is 4.99. The van der Waals surface area contributed by atoms with Crippen molar-refractivity contribution < 1.29 is 19.4 Å². The van der Waals surface area contributed by atoms with Crippen molar-refractivity contribution in [3.05, 3.63) is 0 Å². The number of hydrogen-bond acceptors (Lipinski definition) is 3. The van der Waals surface area contributed by atoms with E-state index in [1.807, 2.05) is 0 Å². The number of rotatable bonds is 6. The van der Waals surface area contributed by atoms with Crippen LogP contribution in [0.15, 0.2) is 0 Å². The van der Waals surface area contributed by atoms with Crippen molar-refractivity contribution in [2.45, 2.75) is 58.1 Å². The standard InChI is InChI=1S/C13H23NO4/c1-3-10-5-4-6-11(7-10)18-8-12(13(16)17)14-9(2)15/h10-12H,3-8H2,1-2H3,(H,14,15)(H,16,17). The van der Waals surface area contributed by atoms with Crippen LogP contribution in [0.1, 0.15) is 46.0 Å². The van der Waals surface area contributed by atoms with Crippen LogP contribution >= 0.6 is 0 Å². The van der Waals surface area contributed by atoms with Crippen molar-refractivity contribution >= 4 is 11.9 Å². The number of amides is 1. The number of carbonyl (C=O) groups excluding carboxylic acids is 1. The normalized spacial score (nSPS) is 25.4. The first-order valence-corrected chi connectivity index (χ1v) is 6.64. The van der Waals surface area contributed by atoms with Crippen LogP contribution < -0.4 is 5.32 Å². The molecule has 1 aliphatic rings. The smallest absolute Gasteiger partial charge is 0.328 e. The molecule has 0 bridgehead atoms. The molecule has 1 amide bonds. The summed E-state index contributed by atoms with van der Waals surface area (Å²) >= 11 is 0. The minimum absolute atomic E-state index is 0.0516. The number of carboxylic acid groups (broad SMARTS) is 1. The maximum atomic E-state index is 10.9. The number of carbonyl (C=O) groups is 2. The van der Waals surface area contributed by atoms with Crippen LogP contribution in [0.4, 0.5) is 0 Å². The zero-order valence-electron chi connectivity index (χ0n) is 11.1. The average Bonchev–Trinajstić information content (AvgIpc) is 2.34. The van der Waals surface area contributed by atoms with Crippen LogP contribution in [0.5, 0.6) is 0 Å². The Morgan fingerprint density at radius 1 is 1.44 bits per heavy atom. The van der Waals surface area contributed by atoms with Crippen LogP contribution in [0, 0.1) is 5.92 Å². The lowest BCUT2D eigenvalue weighted by molar-refractivity contribution is -0.144. The topological polar surface area (TPSA) is 75.6 Å². The summed E-state index contributed by atoms with van der Waals surface area (Å²) in [6.07, 6.45) is 5.66. The monoisotopic (exact) mass is 257 g/mol. The van der Waals surface area contributed by atoms with Crippen molar-refractivity contribution in [2.24, 2.45) is 5.92 Å². The minimum atomic E-state index is -1.05. The number of aliphatic carboxylic acids is 1. The Morgan fingerprint density at radius 2 is 2.17 bits per heavy atom. The fourth-order valence-corrected chi connectivity index (χ4v) is 2.42. The third kappa shape index (κ3) is 5.04. The van der Waals surface area contributed by atoms with Crippen LogP contribution in [-0.4, -0.2) is 35.7 Å². The molecule has 104 valence electrons. The molecule has 1 rings (SSSR count). The first kappa shape index (κ1) is 15.0. The highest BCUT2D eigenvalue weighted by molar-refractivity contribution is 5.82. The van der Waals surface area contributed by atoms with Gasteiger partial charge in [-0.05, 0) is 18.8 Å². The van der Waals surface area contributed by atoms with E-state index >= 15 is 0 Å². The molecule has 1 saturated carbocycles. The number of carboxylic acids is 1. The van der Waals surface area contributed by atoms with E-state index in [9.17, 15) is 9.59 Å². The largest absolute Gasteiger partial charge is 0.480 e. The molecule has 2 N–H and O–H groups in total. The maximum absolute atomic E-state index is 10.9. The van der Waals surface area contributed by atoms with Gasteiger partial charge >= 0.3 is 5.97 Å². The Labute approximate surface area is 108 Å². The molecule has 0 spiro atoms. The third-order valence-electron chi connectivity index (χ3n) is 3.49. The molecular formula is C13H23NO4. The van der Waals surface area contributed by atoms with Crippen LogP contribution in [0.25, 0.3) is 0 Å². The predicted molar refractivity (Wildman–Crippen MR) is 67.2 cm³/mol. The van der Waals surface area contributed by atoms with Gasteiger partial charge in [0.05, 0.1) is 12.7 Å². The van der Waals surface area contributed by atoms with E-state index in [2.05, 4.69) is 12.2 Å². The van der Waals surface area contributed by atoms with E-state index in [1.54, 1.807) is 0 Å². The molecule has 5 heteroatoms. The fourth-order valence-electron chi connectivity index (χ4n) is 2.42. The molecule has 0 saturated heterocycles. The van der Waals surface area contributed by atoms with Crippen molar-refractivity contribution in [1.29, 1.82) is 0 Å². The molecule has 5 nitrogen and oxygen atoms in total. The molecule has 3 unspecified atom stereocenters. The van der Waals surface area contributed by atoms with E-state index < -0.39 is 12.0 Å². The van der Waals surface area contributed by atoms with Crippen molar-refractivity contribution in [3.8, 4) is 0 Å². The molecule has 1 fully saturated rings. The summed E-state index contributed by atoms with van der Waals surface area (Å²) in [7, 11) is 0. The van der Waals surface area contributed by atoms with Gasteiger partial charge in [-0.25, -0.2) is 4.79 Å². The summed E-state index contributed by atoms with van der Waals surface area (Å²) in [5.41, 5.74) is 0. The first-order valence-electron chi connectivity index (χ1n) is 6.64. The van der Waals surface area contributed by atoms with E-state index in [0.29, 0.717) is 5.92 Å². The van der Waals surface area contributed by atoms with E-state index in [1.165, 1.54) is 13.3 Å². The Morgan fingerprint density at radius 3 is 2.72 bits per heavy atom. The molecule has 3 atom stereocenters. The zero-order valence-corrected chi connectivity index (χ0v) is 11.1. The Hall–Kier alpha value is -1.10. The van der Waals surface area contributed by atoms with Crippen LogP contribution in [0.3, 0.4) is 0 Å². The second kappa shape index (κ2) is 7.36. The van der Waals surface area contributed by atoms with Gasteiger partial charge in [-0.1, -0.05) is 26.2 Å². The average molecular weight is 257 g/mol. The second-order valence-electron chi connectivity index (χ2n) is 4.99. The lowest BCUT2D eigenvalue weighted by atomic mass is 9.85.